The minimum Gasteiger partial charge on any atom is -0.486 e. The summed E-state index contributed by atoms with van der Waals surface area (Å²) < 4.78 is 11.2. The maximum atomic E-state index is 9.85. The van der Waals surface area contributed by atoms with Gasteiger partial charge in [-0.25, -0.2) is 0 Å². The number of hydrogen-bond donors (Lipinski definition) is 2. The van der Waals surface area contributed by atoms with Crippen molar-refractivity contribution in [3.8, 4) is 11.5 Å². The quantitative estimate of drug-likeness (QED) is 0.886. The Labute approximate surface area is 120 Å². The number of benzene rings is 1. The molecule has 1 aromatic rings. The zero-order chi connectivity index (χ0) is 13.9. The SMILES string of the molecule is CC(NC[C@H]1CCC[C@@H]1O)c1ccc2c(c1)OCCO2. The molecule has 110 valence electrons. The van der Waals surface area contributed by atoms with Crippen LogP contribution in [0.25, 0.3) is 0 Å². The van der Waals surface area contributed by atoms with Crippen LogP contribution in [0.2, 0.25) is 0 Å². The topological polar surface area (TPSA) is 50.7 Å². The predicted octanol–water partition coefficient (Wildman–Crippen LogP) is 2.27. The van der Waals surface area contributed by atoms with Crippen LogP contribution in [-0.4, -0.2) is 31.0 Å². The molecule has 1 heterocycles. The summed E-state index contributed by atoms with van der Waals surface area (Å²) in [6.07, 6.45) is 3.09. The average Bonchev–Trinajstić information content (AvgIpc) is 2.89. The lowest BCUT2D eigenvalue weighted by molar-refractivity contribution is 0.130. The molecule has 0 radical (unpaired) electrons. The number of hydrogen-bond acceptors (Lipinski definition) is 4. The normalized spacial score (nSPS) is 26.5. The van der Waals surface area contributed by atoms with E-state index in [1.54, 1.807) is 0 Å². The van der Waals surface area contributed by atoms with Crippen molar-refractivity contribution >= 4 is 0 Å². The first kappa shape index (κ1) is 13.7. The zero-order valence-corrected chi connectivity index (χ0v) is 12.0. The summed E-state index contributed by atoms with van der Waals surface area (Å²) in [7, 11) is 0. The van der Waals surface area contributed by atoms with Crippen LogP contribution in [0.1, 0.15) is 37.8 Å². The maximum Gasteiger partial charge on any atom is 0.161 e. The molecule has 4 nitrogen and oxygen atoms in total. The molecule has 0 amide bonds. The van der Waals surface area contributed by atoms with E-state index < -0.39 is 0 Å². The monoisotopic (exact) mass is 277 g/mol. The molecule has 0 aromatic heterocycles. The fraction of sp³-hybridized carbons (Fsp3) is 0.625. The van der Waals surface area contributed by atoms with Crippen molar-refractivity contribution in [1.82, 2.24) is 5.32 Å². The maximum absolute atomic E-state index is 9.85. The number of aliphatic hydroxyl groups is 1. The Balaban J connectivity index is 1.60. The lowest BCUT2D eigenvalue weighted by atomic mass is 10.0. The highest BCUT2D eigenvalue weighted by Gasteiger charge is 2.25. The van der Waals surface area contributed by atoms with Crippen LogP contribution < -0.4 is 14.8 Å². The lowest BCUT2D eigenvalue weighted by Gasteiger charge is -2.22. The average molecular weight is 277 g/mol. The van der Waals surface area contributed by atoms with Gasteiger partial charge in [0.25, 0.3) is 0 Å². The second kappa shape index (κ2) is 6.02. The molecule has 1 aromatic carbocycles. The first-order valence-corrected chi connectivity index (χ1v) is 7.55. The van der Waals surface area contributed by atoms with E-state index in [0.29, 0.717) is 19.1 Å². The Kier molecular flexibility index (Phi) is 4.13. The van der Waals surface area contributed by atoms with Crippen LogP contribution >= 0.6 is 0 Å². The fourth-order valence-corrected chi connectivity index (χ4v) is 3.03. The van der Waals surface area contributed by atoms with E-state index in [4.69, 9.17) is 9.47 Å². The Morgan fingerprint density at radius 2 is 2.05 bits per heavy atom. The molecule has 3 rings (SSSR count). The third kappa shape index (κ3) is 2.91. The van der Waals surface area contributed by atoms with Gasteiger partial charge in [-0.05, 0) is 43.4 Å². The molecule has 4 heteroatoms. The van der Waals surface area contributed by atoms with E-state index >= 15 is 0 Å². The van der Waals surface area contributed by atoms with Crippen molar-refractivity contribution in [2.75, 3.05) is 19.8 Å². The molecule has 20 heavy (non-hydrogen) atoms. The smallest absolute Gasteiger partial charge is 0.161 e. The molecule has 1 saturated carbocycles. The molecular weight excluding hydrogens is 254 g/mol. The molecule has 0 bridgehead atoms. The van der Waals surface area contributed by atoms with Gasteiger partial charge in [-0.15, -0.1) is 0 Å². The zero-order valence-electron chi connectivity index (χ0n) is 12.0. The highest BCUT2D eigenvalue weighted by atomic mass is 16.6. The first-order valence-electron chi connectivity index (χ1n) is 7.55. The fourth-order valence-electron chi connectivity index (χ4n) is 3.03. The van der Waals surface area contributed by atoms with E-state index in [-0.39, 0.29) is 12.1 Å². The van der Waals surface area contributed by atoms with Crippen LogP contribution in [0.3, 0.4) is 0 Å². The van der Waals surface area contributed by atoms with Gasteiger partial charge in [0, 0.05) is 12.6 Å². The van der Waals surface area contributed by atoms with Gasteiger partial charge in [-0.3, -0.25) is 0 Å². The summed E-state index contributed by atoms with van der Waals surface area (Å²) in [5, 5.41) is 13.4. The number of fused-ring (bicyclic) bond motifs is 1. The highest BCUT2D eigenvalue weighted by Crippen LogP contribution is 2.33. The van der Waals surface area contributed by atoms with Gasteiger partial charge in [-0.1, -0.05) is 12.5 Å². The number of rotatable bonds is 4. The van der Waals surface area contributed by atoms with Crippen LogP contribution in [0, 0.1) is 5.92 Å². The van der Waals surface area contributed by atoms with Gasteiger partial charge in [-0.2, -0.15) is 0 Å². The van der Waals surface area contributed by atoms with Crippen molar-refractivity contribution in [3.63, 3.8) is 0 Å². The summed E-state index contributed by atoms with van der Waals surface area (Å²) in [5.41, 5.74) is 1.20. The number of nitrogens with one attached hydrogen (secondary N) is 1. The molecule has 1 fully saturated rings. The molecule has 2 aliphatic rings. The third-order valence-electron chi connectivity index (χ3n) is 4.37. The molecule has 1 unspecified atom stereocenters. The summed E-state index contributed by atoms with van der Waals surface area (Å²) in [6.45, 7) is 4.26. The van der Waals surface area contributed by atoms with Crippen molar-refractivity contribution < 1.29 is 14.6 Å². The van der Waals surface area contributed by atoms with Gasteiger partial charge < -0.3 is 19.9 Å². The Bertz CT molecular complexity index is 463. The minimum absolute atomic E-state index is 0.130. The largest absolute Gasteiger partial charge is 0.486 e. The van der Waals surface area contributed by atoms with E-state index in [1.165, 1.54) is 5.56 Å². The summed E-state index contributed by atoms with van der Waals surface area (Å²) in [4.78, 5) is 0. The number of aliphatic hydroxyl groups excluding tert-OH is 1. The first-order chi connectivity index (χ1) is 9.74. The van der Waals surface area contributed by atoms with E-state index in [1.807, 2.05) is 6.07 Å². The van der Waals surface area contributed by atoms with Crippen LogP contribution in [0.15, 0.2) is 18.2 Å². The Morgan fingerprint density at radius 3 is 2.80 bits per heavy atom. The molecule has 0 saturated heterocycles. The van der Waals surface area contributed by atoms with Crippen molar-refractivity contribution in [2.45, 2.75) is 38.3 Å². The van der Waals surface area contributed by atoms with E-state index in [0.717, 1.165) is 37.3 Å². The van der Waals surface area contributed by atoms with Crippen molar-refractivity contribution in [3.05, 3.63) is 23.8 Å². The molecule has 3 atom stereocenters. The van der Waals surface area contributed by atoms with Crippen molar-refractivity contribution in [2.24, 2.45) is 5.92 Å². The van der Waals surface area contributed by atoms with Gasteiger partial charge >= 0.3 is 0 Å². The third-order valence-corrected chi connectivity index (χ3v) is 4.37. The predicted molar refractivity (Wildman–Crippen MR) is 77.2 cm³/mol. The molecular formula is C16H23NO3. The van der Waals surface area contributed by atoms with E-state index in [2.05, 4.69) is 24.4 Å². The molecule has 1 aliphatic carbocycles. The molecule has 1 aliphatic heterocycles. The summed E-state index contributed by atoms with van der Waals surface area (Å²) >= 11 is 0. The number of ether oxygens (including phenoxy) is 2. The molecule has 0 spiro atoms. The van der Waals surface area contributed by atoms with Crippen LogP contribution in [0.4, 0.5) is 0 Å². The Hall–Kier alpha value is -1.26. The van der Waals surface area contributed by atoms with Gasteiger partial charge in [0.2, 0.25) is 0 Å². The van der Waals surface area contributed by atoms with Gasteiger partial charge in [0.15, 0.2) is 11.5 Å². The van der Waals surface area contributed by atoms with Crippen molar-refractivity contribution in [1.29, 1.82) is 0 Å². The minimum atomic E-state index is -0.130. The Morgan fingerprint density at radius 1 is 1.25 bits per heavy atom. The van der Waals surface area contributed by atoms with Crippen LogP contribution in [-0.2, 0) is 0 Å². The lowest BCUT2D eigenvalue weighted by Crippen LogP contribution is -2.29. The van der Waals surface area contributed by atoms with Gasteiger partial charge in [0.05, 0.1) is 6.10 Å². The van der Waals surface area contributed by atoms with Gasteiger partial charge in [0.1, 0.15) is 13.2 Å². The second-order valence-corrected chi connectivity index (χ2v) is 5.79. The van der Waals surface area contributed by atoms with Crippen LogP contribution in [0.5, 0.6) is 11.5 Å². The standard InChI is InChI=1S/C16H23NO3/c1-11(17-10-13-3-2-4-14(13)18)12-5-6-15-16(9-12)20-8-7-19-15/h5-6,9,11,13-14,17-18H,2-4,7-8,10H2,1H3/t11?,13-,14+/m1/s1. The summed E-state index contributed by atoms with van der Waals surface area (Å²) in [6, 6.07) is 6.36. The highest BCUT2D eigenvalue weighted by molar-refractivity contribution is 5.44. The summed E-state index contributed by atoms with van der Waals surface area (Å²) in [5.74, 6) is 2.07. The second-order valence-electron chi connectivity index (χ2n) is 5.79. The van der Waals surface area contributed by atoms with E-state index in [9.17, 15) is 5.11 Å². The molecule has 2 N–H and O–H groups in total.